The van der Waals surface area contributed by atoms with E-state index in [2.05, 4.69) is 10.6 Å². The van der Waals surface area contributed by atoms with Crippen LogP contribution in [0.25, 0.3) is 0 Å². The van der Waals surface area contributed by atoms with Gasteiger partial charge in [-0.05, 0) is 19.3 Å². The van der Waals surface area contributed by atoms with Gasteiger partial charge in [-0.2, -0.15) is 0 Å². The monoisotopic (exact) mass is 270 g/mol. The summed E-state index contributed by atoms with van der Waals surface area (Å²) in [7, 11) is 0. The van der Waals surface area contributed by atoms with Crippen LogP contribution in [0.4, 0.5) is 0 Å². The zero-order valence-corrected chi connectivity index (χ0v) is 11.3. The summed E-state index contributed by atoms with van der Waals surface area (Å²) in [4.78, 5) is 33.9. The molecule has 0 aromatic heterocycles. The van der Waals surface area contributed by atoms with Gasteiger partial charge < -0.3 is 15.7 Å². The Morgan fingerprint density at radius 1 is 1.26 bits per heavy atom. The lowest BCUT2D eigenvalue weighted by molar-refractivity contribution is -0.142. The fourth-order valence-electron chi connectivity index (χ4n) is 2.24. The fourth-order valence-corrected chi connectivity index (χ4v) is 2.24. The van der Waals surface area contributed by atoms with Gasteiger partial charge in [-0.25, -0.2) is 4.79 Å². The smallest absolute Gasteiger partial charge is 0.326 e. The largest absolute Gasteiger partial charge is 0.480 e. The summed E-state index contributed by atoms with van der Waals surface area (Å²) in [6.45, 7) is 1.96. The zero-order chi connectivity index (χ0) is 14.3. The number of carboxylic acids is 1. The van der Waals surface area contributed by atoms with Crippen molar-refractivity contribution in [3.05, 3.63) is 0 Å². The van der Waals surface area contributed by atoms with Crippen molar-refractivity contribution in [2.75, 3.05) is 6.54 Å². The van der Waals surface area contributed by atoms with E-state index in [1.54, 1.807) is 6.92 Å². The first-order valence-electron chi connectivity index (χ1n) is 6.84. The van der Waals surface area contributed by atoms with Crippen molar-refractivity contribution in [3.8, 4) is 0 Å². The molecule has 1 saturated carbocycles. The van der Waals surface area contributed by atoms with Crippen LogP contribution in [0.3, 0.4) is 0 Å². The number of carbonyl (C=O) groups is 3. The second-order valence-corrected chi connectivity index (χ2v) is 4.89. The summed E-state index contributed by atoms with van der Waals surface area (Å²) in [5, 5.41) is 13.9. The van der Waals surface area contributed by atoms with E-state index in [4.69, 9.17) is 5.11 Å². The van der Waals surface area contributed by atoms with Crippen molar-refractivity contribution in [2.24, 2.45) is 5.92 Å². The number of carboxylic acid groups (broad SMARTS) is 1. The number of hydrogen-bond acceptors (Lipinski definition) is 3. The van der Waals surface area contributed by atoms with Crippen LogP contribution < -0.4 is 10.6 Å². The predicted octanol–water partition coefficient (Wildman–Crippen LogP) is 0.662. The molecule has 6 nitrogen and oxygen atoms in total. The summed E-state index contributed by atoms with van der Waals surface area (Å²) in [6.07, 6.45) is 4.49. The molecule has 2 amide bonds. The van der Waals surface area contributed by atoms with Gasteiger partial charge in [-0.1, -0.05) is 19.8 Å². The van der Waals surface area contributed by atoms with Crippen LogP contribution >= 0.6 is 0 Å². The van der Waals surface area contributed by atoms with Crippen LogP contribution in [-0.4, -0.2) is 35.5 Å². The molecule has 0 aromatic carbocycles. The number of nitrogens with one attached hydrogen (secondary N) is 2. The standard InChI is InChI=1S/C13H22N2O4/c1-2-10(13(18)19)15-11(16)7-8-14-12(17)9-5-3-4-6-9/h9-10H,2-8H2,1H3,(H,14,17)(H,15,16)(H,18,19)/t10-/m1/s1. The predicted molar refractivity (Wildman–Crippen MR) is 69.4 cm³/mol. The van der Waals surface area contributed by atoms with Crippen LogP contribution in [0.15, 0.2) is 0 Å². The fraction of sp³-hybridized carbons (Fsp3) is 0.769. The van der Waals surface area contributed by atoms with Crippen molar-refractivity contribution >= 4 is 17.8 Å². The first-order chi connectivity index (χ1) is 9.04. The van der Waals surface area contributed by atoms with Crippen LogP contribution in [0.2, 0.25) is 0 Å². The van der Waals surface area contributed by atoms with Gasteiger partial charge in [0, 0.05) is 18.9 Å². The second kappa shape index (κ2) is 7.76. The Morgan fingerprint density at radius 2 is 1.89 bits per heavy atom. The van der Waals surface area contributed by atoms with E-state index in [0.717, 1.165) is 25.7 Å². The van der Waals surface area contributed by atoms with Gasteiger partial charge in [0.2, 0.25) is 11.8 Å². The summed E-state index contributed by atoms with van der Waals surface area (Å²) in [5.41, 5.74) is 0. The Kier molecular flexibility index (Phi) is 6.32. The van der Waals surface area contributed by atoms with Crippen molar-refractivity contribution in [2.45, 2.75) is 51.5 Å². The van der Waals surface area contributed by atoms with Crippen LogP contribution in [0.5, 0.6) is 0 Å². The highest BCUT2D eigenvalue weighted by molar-refractivity contribution is 5.84. The Labute approximate surface area is 112 Å². The molecule has 0 unspecified atom stereocenters. The van der Waals surface area contributed by atoms with Crippen LogP contribution in [0, 0.1) is 5.92 Å². The number of amides is 2. The molecular formula is C13H22N2O4. The van der Waals surface area contributed by atoms with Gasteiger partial charge >= 0.3 is 5.97 Å². The summed E-state index contributed by atoms with van der Waals surface area (Å²) < 4.78 is 0. The maximum absolute atomic E-state index is 11.7. The Hall–Kier alpha value is -1.59. The van der Waals surface area contributed by atoms with E-state index in [1.165, 1.54) is 0 Å². The van der Waals surface area contributed by atoms with Crippen LogP contribution in [0.1, 0.15) is 45.4 Å². The Bertz CT molecular complexity index is 338. The first kappa shape index (κ1) is 15.5. The van der Waals surface area contributed by atoms with Gasteiger partial charge in [0.1, 0.15) is 6.04 Å². The normalized spacial score (nSPS) is 16.9. The molecule has 1 atom stereocenters. The first-order valence-corrected chi connectivity index (χ1v) is 6.84. The Balaban J connectivity index is 2.19. The molecule has 108 valence electrons. The molecular weight excluding hydrogens is 248 g/mol. The number of aliphatic carboxylic acids is 1. The van der Waals surface area contributed by atoms with Gasteiger partial charge in [-0.3, -0.25) is 9.59 Å². The van der Waals surface area contributed by atoms with Crippen LogP contribution in [-0.2, 0) is 14.4 Å². The number of rotatable bonds is 7. The molecule has 0 aliphatic heterocycles. The zero-order valence-electron chi connectivity index (χ0n) is 11.3. The molecule has 3 N–H and O–H groups in total. The molecule has 0 saturated heterocycles. The molecule has 0 aromatic rings. The van der Waals surface area contributed by atoms with Gasteiger partial charge in [0.25, 0.3) is 0 Å². The maximum atomic E-state index is 11.7. The van der Waals surface area contributed by atoms with Gasteiger partial charge in [0.05, 0.1) is 0 Å². The molecule has 6 heteroatoms. The lowest BCUT2D eigenvalue weighted by Crippen LogP contribution is -2.41. The van der Waals surface area contributed by atoms with E-state index in [-0.39, 0.29) is 30.7 Å². The summed E-state index contributed by atoms with van der Waals surface area (Å²) in [5.74, 6) is -1.28. The van der Waals surface area contributed by atoms with Crippen molar-refractivity contribution in [1.29, 1.82) is 0 Å². The summed E-state index contributed by atoms with van der Waals surface area (Å²) in [6, 6.07) is -0.849. The highest BCUT2D eigenvalue weighted by Crippen LogP contribution is 2.24. The molecule has 1 fully saturated rings. The molecule has 0 bridgehead atoms. The minimum absolute atomic E-state index is 0.00979. The van der Waals surface area contributed by atoms with E-state index < -0.39 is 12.0 Å². The molecule has 19 heavy (non-hydrogen) atoms. The van der Waals surface area contributed by atoms with E-state index in [0.29, 0.717) is 6.42 Å². The van der Waals surface area contributed by atoms with Gasteiger partial charge in [-0.15, -0.1) is 0 Å². The number of carbonyl (C=O) groups excluding carboxylic acids is 2. The minimum Gasteiger partial charge on any atom is -0.480 e. The molecule has 1 rings (SSSR count). The van der Waals surface area contributed by atoms with Crippen molar-refractivity contribution in [3.63, 3.8) is 0 Å². The number of hydrogen-bond donors (Lipinski definition) is 3. The Morgan fingerprint density at radius 3 is 2.42 bits per heavy atom. The minimum atomic E-state index is -1.04. The lowest BCUT2D eigenvalue weighted by Gasteiger charge is -2.13. The van der Waals surface area contributed by atoms with E-state index >= 15 is 0 Å². The van der Waals surface area contributed by atoms with E-state index in [9.17, 15) is 14.4 Å². The van der Waals surface area contributed by atoms with Gasteiger partial charge in [0.15, 0.2) is 0 Å². The topological polar surface area (TPSA) is 95.5 Å². The van der Waals surface area contributed by atoms with E-state index in [1.807, 2.05) is 0 Å². The maximum Gasteiger partial charge on any atom is 0.326 e. The average molecular weight is 270 g/mol. The van der Waals surface area contributed by atoms with Crippen molar-refractivity contribution in [1.82, 2.24) is 10.6 Å². The third-order valence-electron chi connectivity index (χ3n) is 3.42. The highest BCUT2D eigenvalue weighted by atomic mass is 16.4. The molecule has 0 heterocycles. The SMILES string of the molecule is CC[C@@H](NC(=O)CCNC(=O)C1CCCC1)C(=O)O. The third kappa shape index (κ3) is 5.28. The molecule has 0 spiro atoms. The second-order valence-electron chi connectivity index (χ2n) is 4.89. The molecule has 0 radical (unpaired) electrons. The highest BCUT2D eigenvalue weighted by Gasteiger charge is 2.22. The third-order valence-corrected chi connectivity index (χ3v) is 3.42. The molecule has 1 aliphatic carbocycles. The lowest BCUT2D eigenvalue weighted by atomic mass is 10.1. The summed E-state index contributed by atoms with van der Waals surface area (Å²) >= 11 is 0. The quantitative estimate of drug-likeness (QED) is 0.633. The average Bonchev–Trinajstić information content (AvgIpc) is 2.89. The molecule has 1 aliphatic rings. The van der Waals surface area contributed by atoms with Crippen molar-refractivity contribution < 1.29 is 19.5 Å².